The van der Waals surface area contributed by atoms with Crippen LogP contribution in [0.25, 0.3) is 22.4 Å². The van der Waals surface area contributed by atoms with Crippen LogP contribution >= 0.6 is 11.6 Å². The zero-order valence-electron chi connectivity index (χ0n) is 25.9. The van der Waals surface area contributed by atoms with Crippen molar-refractivity contribution in [2.24, 2.45) is 23.7 Å². The number of carbonyl (C=O) groups is 2. The van der Waals surface area contributed by atoms with Gasteiger partial charge in [0, 0.05) is 36.1 Å². The van der Waals surface area contributed by atoms with Crippen molar-refractivity contribution in [2.45, 2.75) is 58.5 Å². The Morgan fingerprint density at radius 1 is 0.913 bits per heavy atom. The Hall–Kier alpha value is -4.50. The summed E-state index contributed by atoms with van der Waals surface area (Å²) in [5, 5.41) is 13.6. The topological polar surface area (TPSA) is 118 Å². The molecule has 9 nitrogen and oxygen atoms in total. The predicted molar refractivity (Wildman–Crippen MR) is 180 cm³/mol. The Kier molecular flexibility index (Phi) is 8.11. The van der Waals surface area contributed by atoms with Crippen LogP contribution in [0.15, 0.2) is 71.8 Å². The van der Waals surface area contributed by atoms with Gasteiger partial charge in [0.15, 0.2) is 0 Å². The number of urea groups is 1. The summed E-state index contributed by atoms with van der Waals surface area (Å²) in [6, 6.07) is 16.7. The number of nitrogens with one attached hydrogen (secondary N) is 3. The van der Waals surface area contributed by atoms with E-state index >= 15 is 0 Å². The Balaban J connectivity index is 1.11. The first-order valence-electron chi connectivity index (χ1n) is 16.1. The van der Waals surface area contributed by atoms with Gasteiger partial charge in [0.1, 0.15) is 5.69 Å². The maximum Gasteiger partial charge on any atom is 0.323 e. The number of aromatic nitrogens is 3. The minimum atomic E-state index is -0.606. The van der Waals surface area contributed by atoms with Gasteiger partial charge in [-0.05, 0) is 111 Å². The quantitative estimate of drug-likeness (QED) is 0.199. The van der Waals surface area contributed by atoms with E-state index in [9.17, 15) is 14.4 Å². The van der Waals surface area contributed by atoms with E-state index in [0.717, 1.165) is 40.9 Å². The zero-order valence-corrected chi connectivity index (χ0v) is 26.7. The summed E-state index contributed by atoms with van der Waals surface area (Å²) in [5.41, 5.74) is 4.52. The lowest BCUT2D eigenvalue weighted by atomic mass is 9.70. The molecule has 5 atom stereocenters. The summed E-state index contributed by atoms with van der Waals surface area (Å²) in [6.07, 6.45) is 9.42. The molecule has 2 aromatic carbocycles. The first-order valence-corrected chi connectivity index (χ1v) is 16.5. The molecule has 0 saturated heterocycles. The van der Waals surface area contributed by atoms with Gasteiger partial charge in [-0.25, -0.2) is 9.48 Å². The number of anilines is 2. The van der Waals surface area contributed by atoms with E-state index in [-0.39, 0.29) is 17.6 Å². The van der Waals surface area contributed by atoms with Gasteiger partial charge < -0.3 is 16.0 Å². The van der Waals surface area contributed by atoms with Crippen LogP contribution in [0.5, 0.6) is 0 Å². The van der Waals surface area contributed by atoms with E-state index in [1.54, 1.807) is 19.2 Å². The van der Waals surface area contributed by atoms with Crippen molar-refractivity contribution >= 4 is 34.9 Å². The normalized spacial score (nSPS) is 22.8. The van der Waals surface area contributed by atoms with Gasteiger partial charge in [-0.1, -0.05) is 41.9 Å². The van der Waals surface area contributed by atoms with E-state index in [4.69, 9.17) is 11.6 Å². The van der Waals surface area contributed by atoms with Crippen LogP contribution in [0.3, 0.4) is 0 Å². The fraction of sp³-hybridized carbons (Fsp3) is 0.361. The maximum absolute atomic E-state index is 13.5. The molecule has 3 N–H and O–H groups in total. The summed E-state index contributed by atoms with van der Waals surface area (Å²) in [7, 11) is 0. The van der Waals surface area contributed by atoms with Crippen molar-refractivity contribution in [2.75, 3.05) is 10.6 Å². The summed E-state index contributed by atoms with van der Waals surface area (Å²) >= 11 is 6.22. The molecular formula is C36H37ClN6O3. The van der Waals surface area contributed by atoms with E-state index in [1.807, 2.05) is 55.5 Å². The smallest absolute Gasteiger partial charge is 0.323 e. The van der Waals surface area contributed by atoms with Crippen molar-refractivity contribution in [3.8, 4) is 22.4 Å². The highest BCUT2D eigenvalue weighted by atomic mass is 35.5. The number of nitrogens with zero attached hydrogens (tertiary/aromatic N) is 3. The number of benzene rings is 2. The van der Waals surface area contributed by atoms with Crippen LogP contribution in [0.1, 0.15) is 54.9 Å². The number of pyridine rings is 1. The molecule has 0 radical (unpaired) electrons. The third-order valence-corrected chi connectivity index (χ3v) is 10.3. The van der Waals surface area contributed by atoms with E-state index in [1.165, 1.54) is 36.6 Å². The molecule has 0 spiro atoms. The standard InChI is InChI=1S/C36H37ClN6O3/c1-3-43-35(45)32(40-36(46)41-33-20(2)18-38-19-29(33)37)17-30(42-43)25-8-4-6-23(15-25)24-7-5-9-26(16-24)34(44)39-31-14-22-10-21-11-27(12-22)28(31)13-21/h4-9,15-19,21-22,27-28,31H,3,10-14H2,1-2H3,(H,39,44)(H2,38,40,41,46). The minimum Gasteiger partial charge on any atom is -0.349 e. The van der Waals surface area contributed by atoms with Crippen molar-refractivity contribution in [3.05, 3.63) is 93.5 Å². The van der Waals surface area contributed by atoms with Gasteiger partial charge in [-0.15, -0.1) is 0 Å². The lowest BCUT2D eigenvalue weighted by molar-refractivity contribution is 0.0847. The highest BCUT2D eigenvalue weighted by Gasteiger charge is 2.49. The molecule has 2 heterocycles. The van der Waals surface area contributed by atoms with Crippen molar-refractivity contribution in [1.82, 2.24) is 20.1 Å². The molecule has 4 aromatic rings. The van der Waals surface area contributed by atoms with Crippen LogP contribution < -0.4 is 21.5 Å². The second-order valence-corrected chi connectivity index (χ2v) is 13.4. The minimum absolute atomic E-state index is 0.0123. The number of aryl methyl sites for hydroxylation is 2. The van der Waals surface area contributed by atoms with Crippen LogP contribution in [0.4, 0.5) is 16.2 Å². The molecule has 3 bridgehead atoms. The van der Waals surface area contributed by atoms with Crippen molar-refractivity contribution in [1.29, 1.82) is 0 Å². The van der Waals surface area contributed by atoms with E-state index < -0.39 is 11.6 Å². The van der Waals surface area contributed by atoms with Crippen LogP contribution in [0.2, 0.25) is 5.02 Å². The average Bonchev–Trinajstić information content (AvgIpc) is 3.29. The first kappa shape index (κ1) is 30.2. The fourth-order valence-corrected chi connectivity index (χ4v) is 8.27. The number of hydrogen-bond acceptors (Lipinski definition) is 5. The number of rotatable bonds is 7. The van der Waals surface area contributed by atoms with Crippen LogP contribution in [0, 0.1) is 30.6 Å². The third kappa shape index (κ3) is 5.91. The molecule has 0 aliphatic heterocycles. The van der Waals surface area contributed by atoms with Gasteiger partial charge in [0.25, 0.3) is 11.5 Å². The number of halogens is 1. The Morgan fingerprint density at radius 2 is 1.65 bits per heavy atom. The molecule has 3 aliphatic carbocycles. The average molecular weight is 637 g/mol. The zero-order chi connectivity index (χ0) is 31.9. The lowest BCUT2D eigenvalue weighted by Gasteiger charge is -2.39. The highest BCUT2D eigenvalue weighted by Crippen LogP contribution is 2.55. The van der Waals surface area contributed by atoms with Gasteiger partial charge in [0.2, 0.25) is 0 Å². The number of hydrogen-bond donors (Lipinski definition) is 3. The van der Waals surface area contributed by atoms with Gasteiger partial charge in [-0.3, -0.25) is 14.6 Å². The second-order valence-electron chi connectivity index (χ2n) is 13.0. The molecule has 3 saturated carbocycles. The molecule has 2 aromatic heterocycles. The molecule has 5 unspecified atom stereocenters. The van der Waals surface area contributed by atoms with Crippen LogP contribution in [-0.4, -0.2) is 32.7 Å². The van der Waals surface area contributed by atoms with E-state index in [2.05, 4.69) is 26.0 Å². The number of carbonyl (C=O) groups excluding carboxylic acids is 2. The molecular weight excluding hydrogens is 600 g/mol. The summed E-state index contributed by atoms with van der Waals surface area (Å²) in [6.45, 7) is 3.92. The summed E-state index contributed by atoms with van der Waals surface area (Å²) in [5.74, 6) is 3.00. The molecule has 236 valence electrons. The predicted octanol–water partition coefficient (Wildman–Crippen LogP) is 7.15. The molecule has 3 aliphatic rings. The Morgan fingerprint density at radius 3 is 2.43 bits per heavy atom. The highest BCUT2D eigenvalue weighted by molar-refractivity contribution is 6.33. The van der Waals surface area contributed by atoms with E-state index in [0.29, 0.717) is 40.0 Å². The molecule has 7 rings (SSSR count). The van der Waals surface area contributed by atoms with Gasteiger partial charge in [-0.2, -0.15) is 5.10 Å². The second kappa shape index (κ2) is 12.4. The molecule has 10 heteroatoms. The first-order chi connectivity index (χ1) is 22.2. The third-order valence-electron chi connectivity index (χ3n) is 10.0. The molecule has 3 fully saturated rings. The lowest BCUT2D eigenvalue weighted by Crippen LogP contribution is -2.45. The number of amides is 3. The number of fused-ring (bicyclic) bond motifs is 2. The maximum atomic E-state index is 13.5. The SMILES string of the molecule is CCn1nc(-c2cccc(-c3cccc(C(=O)NC4CC5CC6CC(C5)C4C6)c3)c2)cc(NC(=O)Nc2c(C)cncc2Cl)c1=O. The summed E-state index contributed by atoms with van der Waals surface area (Å²) < 4.78 is 1.32. The van der Waals surface area contributed by atoms with Crippen molar-refractivity contribution in [3.63, 3.8) is 0 Å². The fourth-order valence-electron chi connectivity index (χ4n) is 8.01. The molecule has 46 heavy (non-hydrogen) atoms. The van der Waals surface area contributed by atoms with Crippen LogP contribution in [-0.2, 0) is 6.54 Å². The molecule has 3 amide bonds. The summed E-state index contributed by atoms with van der Waals surface area (Å²) in [4.78, 5) is 43.5. The van der Waals surface area contributed by atoms with Gasteiger partial charge >= 0.3 is 6.03 Å². The van der Waals surface area contributed by atoms with Crippen molar-refractivity contribution < 1.29 is 9.59 Å². The largest absolute Gasteiger partial charge is 0.349 e. The monoisotopic (exact) mass is 636 g/mol. The Labute approximate surface area is 272 Å². The van der Waals surface area contributed by atoms with Gasteiger partial charge in [0.05, 0.1) is 16.4 Å². The Bertz CT molecular complexity index is 1870.